The van der Waals surface area contributed by atoms with E-state index in [2.05, 4.69) is 0 Å². The van der Waals surface area contributed by atoms with Gasteiger partial charge in [-0.3, -0.25) is 0 Å². The van der Waals surface area contributed by atoms with E-state index < -0.39 is 11.2 Å². The molecule has 0 aliphatic carbocycles. The molecule has 1 aromatic rings. The highest BCUT2D eigenvalue weighted by molar-refractivity contribution is 5.68. The zero-order valence-corrected chi connectivity index (χ0v) is 15.0. The maximum atomic E-state index is 13.2. The summed E-state index contributed by atoms with van der Waals surface area (Å²) in [5.74, 6) is -0.301. The second-order valence-corrected chi connectivity index (χ2v) is 7.00. The van der Waals surface area contributed by atoms with Crippen LogP contribution in [-0.2, 0) is 19.8 Å². The predicted molar refractivity (Wildman–Crippen MR) is 88.3 cm³/mol. The molecule has 1 heterocycles. The molecule has 1 saturated heterocycles. The van der Waals surface area contributed by atoms with Crippen LogP contribution in [-0.4, -0.2) is 50.0 Å². The minimum absolute atomic E-state index is 0.301. The fraction of sp³-hybridized carbons (Fsp3) is 0.611. The van der Waals surface area contributed by atoms with Crippen LogP contribution in [0.25, 0.3) is 0 Å². The van der Waals surface area contributed by atoms with E-state index in [-0.39, 0.29) is 18.0 Å². The van der Waals surface area contributed by atoms with Crippen molar-refractivity contribution in [2.24, 2.45) is 0 Å². The third kappa shape index (κ3) is 3.87. The molecule has 0 unspecified atom stereocenters. The van der Waals surface area contributed by atoms with Crippen LogP contribution in [0.5, 0.6) is 0 Å². The lowest BCUT2D eigenvalue weighted by molar-refractivity contribution is -0.156. The fourth-order valence-corrected chi connectivity index (χ4v) is 3.07. The summed E-state index contributed by atoms with van der Waals surface area (Å²) < 4.78 is 30.1. The van der Waals surface area contributed by atoms with Crippen LogP contribution in [0.15, 0.2) is 24.3 Å². The molecule has 6 heteroatoms. The minimum atomic E-state index is -0.721. The van der Waals surface area contributed by atoms with Crippen molar-refractivity contribution >= 4 is 6.09 Å². The Bertz CT molecular complexity index is 569. The van der Waals surface area contributed by atoms with Crippen LogP contribution in [0, 0.1) is 5.82 Å². The van der Waals surface area contributed by atoms with E-state index in [1.165, 1.54) is 12.1 Å². The molecule has 0 spiro atoms. The molecule has 0 aromatic heterocycles. The zero-order chi connectivity index (χ0) is 18.0. The number of hydrogen-bond donors (Lipinski definition) is 0. The summed E-state index contributed by atoms with van der Waals surface area (Å²) in [6.07, 6.45) is -0.213. The summed E-state index contributed by atoms with van der Waals surface area (Å²) in [6.45, 7) is 6.32. The largest absolute Gasteiger partial charge is 0.444 e. The number of piperidine rings is 1. The van der Waals surface area contributed by atoms with Crippen molar-refractivity contribution in [2.45, 2.75) is 44.5 Å². The number of likely N-dealkylation sites (tertiary alicyclic amines) is 1. The topological polar surface area (TPSA) is 48.0 Å². The molecule has 1 aliphatic rings. The first-order valence-electron chi connectivity index (χ1n) is 8.04. The number of nitrogens with zero attached hydrogens (tertiary/aromatic N) is 1. The van der Waals surface area contributed by atoms with Crippen LogP contribution in [0.4, 0.5) is 9.18 Å². The second kappa shape index (κ2) is 7.07. The lowest BCUT2D eigenvalue weighted by Gasteiger charge is -2.46. The van der Waals surface area contributed by atoms with Crippen molar-refractivity contribution in [3.8, 4) is 0 Å². The number of ether oxygens (including phenoxy) is 3. The SMILES string of the molecule is CO[C@H]1CN(C(=O)OC(C)(C)C)CC[C@]1(OC)c1ccc(F)cc1. The molecular weight excluding hydrogens is 313 g/mol. The van der Waals surface area contributed by atoms with Crippen molar-refractivity contribution in [3.05, 3.63) is 35.6 Å². The summed E-state index contributed by atoms with van der Waals surface area (Å²) in [7, 11) is 3.19. The van der Waals surface area contributed by atoms with Gasteiger partial charge in [0.1, 0.15) is 23.1 Å². The van der Waals surface area contributed by atoms with Gasteiger partial charge in [0, 0.05) is 27.2 Å². The highest BCUT2D eigenvalue weighted by atomic mass is 19.1. The van der Waals surface area contributed by atoms with Gasteiger partial charge >= 0.3 is 6.09 Å². The van der Waals surface area contributed by atoms with E-state index in [0.717, 1.165) is 5.56 Å². The second-order valence-electron chi connectivity index (χ2n) is 7.00. The number of methoxy groups -OCH3 is 2. The van der Waals surface area contributed by atoms with Crippen LogP contribution >= 0.6 is 0 Å². The quantitative estimate of drug-likeness (QED) is 0.847. The van der Waals surface area contributed by atoms with E-state index in [0.29, 0.717) is 19.5 Å². The third-order valence-electron chi connectivity index (χ3n) is 4.29. The molecule has 0 saturated carbocycles. The Morgan fingerprint density at radius 2 is 1.88 bits per heavy atom. The van der Waals surface area contributed by atoms with Crippen molar-refractivity contribution in [1.82, 2.24) is 4.90 Å². The Morgan fingerprint density at radius 3 is 2.38 bits per heavy atom. The van der Waals surface area contributed by atoms with Gasteiger partial charge in [0.25, 0.3) is 0 Å². The summed E-state index contributed by atoms with van der Waals surface area (Å²) in [6, 6.07) is 6.22. The average Bonchev–Trinajstić information content (AvgIpc) is 2.53. The molecule has 1 aromatic carbocycles. The monoisotopic (exact) mass is 339 g/mol. The number of benzene rings is 1. The number of rotatable bonds is 3. The smallest absolute Gasteiger partial charge is 0.410 e. The van der Waals surface area contributed by atoms with Crippen molar-refractivity contribution in [2.75, 3.05) is 27.3 Å². The Morgan fingerprint density at radius 1 is 1.25 bits per heavy atom. The van der Waals surface area contributed by atoms with Gasteiger partial charge in [-0.05, 0) is 38.5 Å². The molecule has 5 nitrogen and oxygen atoms in total. The van der Waals surface area contributed by atoms with Gasteiger partial charge in [-0.25, -0.2) is 9.18 Å². The Hall–Kier alpha value is -1.66. The fourth-order valence-electron chi connectivity index (χ4n) is 3.07. The maximum Gasteiger partial charge on any atom is 0.410 e. The predicted octanol–water partition coefficient (Wildman–Crippen LogP) is 3.32. The van der Waals surface area contributed by atoms with Gasteiger partial charge in [-0.15, -0.1) is 0 Å². The summed E-state index contributed by atoms with van der Waals surface area (Å²) >= 11 is 0. The van der Waals surface area contributed by atoms with Gasteiger partial charge < -0.3 is 19.1 Å². The first-order valence-corrected chi connectivity index (χ1v) is 8.04. The van der Waals surface area contributed by atoms with Crippen molar-refractivity contribution in [3.63, 3.8) is 0 Å². The van der Waals surface area contributed by atoms with Gasteiger partial charge in [0.2, 0.25) is 0 Å². The highest BCUT2D eigenvalue weighted by Crippen LogP contribution is 2.38. The van der Waals surface area contributed by atoms with E-state index in [9.17, 15) is 9.18 Å². The number of carbonyl (C=O) groups excluding carboxylic acids is 1. The highest BCUT2D eigenvalue weighted by Gasteiger charge is 2.47. The molecule has 1 amide bonds. The first kappa shape index (κ1) is 18.7. The third-order valence-corrected chi connectivity index (χ3v) is 4.29. The summed E-state index contributed by atoms with van der Waals surface area (Å²) in [5.41, 5.74) is -0.435. The molecule has 1 fully saturated rings. The average molecular weight is 339 g/mol. The standard InChI is InChI=1S/C18H26FNO4/c1-17(2,3)24-16(21)20-11-10-18(23-5,15(12-20)22-4)13-6-8-14(19)9-7-13/h6-9,15H,10-12H2,1-5H3/t15-,18-/m0/s1. The molecule has 0 bridgehead atoms. The molecule has 2 atom stereocenters. The minimum Gasteiger partial charge on any atom is -0.444 e. The van der Waals surface area contributed by atoms with Crippen LogP contribution in [0.3, 0.4) is 0 Å². The lowest BCUT2D eigenvalue weighted by Crippen LogP contribution is -2.57. The summed E-state index contributed by atoms with van der Waals surface area (Å²) in [5, 5.41) is 0. The van der Waals surface area contributed by atoms with Gasteiger partial charge in [-0.2, -0.15) is 0 Å². The Balaban J connectivity index is 2.22. The number of amides is 1. The molecule has 1 aliphatic heterocycles. The van der Waals surface area contributed by atoms with Gasteiger partial charge in [-0.1, -0.05) is 12.1 Å². The van der Waals surface area contributed by atoms with Crippen molar-refractivity contribution < 1.29 is 23.4 Å². The molecule has 0 radical (unpaired) electrons. The number of halogens is 1. The van der Waals surface area contributed by atoms with Crippen LogP contribution in [0.1, 0.15) is 32.8 Å². The molecule has 0 N–H and O–H groups in total. The molecule has 24 heavy (non-hydrogen) atoms. The first-order chi connectivity index (χ1) is 11.2. The molecular formula is C18H26FNO4. The van der Waals surface area contributed by atoms with Crippen LogP contribution < -0.4 is 0 Å². The van der Waals surface area contributed by atoms with E-state index in [1.54, 1.807) is 31.3 Å². The maximum absolute atomic E-state index is 13.2. The lowest BCUT2D eigenvalue weighted by atomic mass is 9.81. The van der Waals surface area contributed by atoms with Gasteiger partial charge in [0.15, 0.2) is 0 Å². The van der Waals surface area contributed by atoms with Gasteiger partial charge in [0.05, 0.1) is 6.54 Å². The Kier molecular flexibility index (Phi) is 5.50. The van der Waals surface area contributed by atoms with Crippen LogP contribution in [0.2, 0.25) is 0 Å². The molecule has 2 rings (SSSR count). The van der Waals surface area contributed by atoms with E-state index in [4.69, 9.17) is 14.2 Å². The molecule has 134 valence electrons. The normalized spacial score (nSPS) is 24.8. The number of hydrogen-bond acceptors (Lipinski definition) is 4. The van der Waals surface area contributed by atoms with Crippen molar-refractivity contribution in [1.29, 1.82) is 0 Å². The summed E-state index contributed by atoms with van der Waals surface area (Å²) in [4.78, 5) is 13.9. The zero-order valence-electron chi connectivity index (χ0n) is 15.0. The Labute approximate surface area is 142 Å². The number of carbonyl (C=O) groups is 1. The van der Waals surface area contributed by atoms with E-state index >= 15 is 0 Å². The van der Waals surface area contributed by atoms with E-state index in [1.807, 2.05) is 20.8 Å².